The minimum atomic E-state index is -0.946. The van der Waals surface area contributed by atoms with Gasteiger partial charge in [-0.05, 0) is 78.6 Å². The lowest BCUT2D eigenvalue weighted by molar-refractivity contribution is -0.131. The standard InChI is InChI=1S/C23H24O3/c1-16-15-20(12-13-21(16)24)23(18-5-3-2-4-6-18)19-10-7-17(8-11-19)9-14-22(25)26/h7-15,24H,2-6H2,1H3,(H,25,26)/b14-9+. The summed E-state index contributed by atoms with van der Waals surface area (Å²) in [6.45, 7) is 1.92. The van der Waals surface area contributed by atoms with Gasteiger partial charge < -0.3 is 10.2 Å². The summed E-state index contributed by atoms with van der Waals surface area (Å²) in [4.78, 5) is 10.7. The summed E-state index contributed by atoms with van der Waals surface area (Å²) < 4.78 is 0. The van der Waals surface area contributed by atoms with E-state index in [-0.39, 0.29) is 0 Å². The van der Waals surface area contributed by atoms with Crippen LogP contribution in [0.1, 0.15) is 54.4 Å². The van der Waals surface area contributed by atoms with Gasteiger partial charge in [0.25, 0.3) is 0 Å². The summed E-state index contributed by atoms with van der Waals surface area (Å²) in [6.07, 6.45) is 8.68. The maximum absolute atomic E-state index is 10.7. The van der Waals surface area contributed by atoms with Gasteiger partial charge in [-0.2, -0.15) is 0 Å². The van der Waals surface area contributed by atoms with Crippen molar-refractivity contribution in [1.29, 1.82) is 0 Å². The van der Waals surface area contributed by atoms with Crippen molar-refractivity contribution in [3.8, 4) is 5.75 Å². The highest BCUT2D eigenvalue weighted by atomic mass is 16.4. The highest BCUT2D eigenvalue weighted by Gasteiger charge is 2.15. The molecule has 3 heteroatoms. The number of carboxylic acid groups (broad SMARTS) is 1. The topological polar surface area (TPSA) is 57.5 Å². The number of aryl methyl sites for hydroxylation is 1. The second-order valence-corrected chi connectivity index (χ2v) is 6.83. The largest absolute Gasteiger partial charge is 0.508 e. The van der Waals surface area contributed by atoms with Crippen LogP contribution in [-0.2, 0) is 4.79 Å². The molecule has 26 heavy (non-hydrogen) atoms. The zero-order valence-corrected chi connectivity index (χ0v) is 15.0. The van der Waals surface area contributed by atoms with Gasteiger partial charge >= 0.3 is 5.97 Å². The SMILES string of the molecule is Cc1cc(C(=C2CCCCC2)c2ccc(/C=C/C(=O)O)cc2)ccc1O. The Morgan fingerprint density at radius 1 is 0.962 bits per heavy atom. The highest BCUT2D eigenvalue weighted by molar-refractivity contribution is 5.86. The van der Waals surface area contributed by atoms with Crippen molar-refractivity contribution in [3.63, 3.8) is 0 Å². The van der Waals surface area contributed by atoms with Gasteiger partial charge in [0.15, 0.2) is 0 Å². The van der Waals surface area contributed by atoms with E-state index in [1.54, 1.807) is 12.1 Å². The van der Waals surface area contributed by atoms with Crippen molar-refractivity contribution >= 4 is 17.6 Å². The summed E-state index contributed by atoms with van der Waals surface area (Å²) in [7, 11) is 0. The Bertz CT molecular complexity index is 850. The normalized spacial score (nSPS) is 14.6. The number of phenols is 1. The van der Waals surface area contributed by atoms with Gasteiger partial charge in [0.1, 0.15) is 5.75 Å². The van der Waals surface area contributed by atoms with E-state index >= 15 is 0 Å². The van der Waals surface area contributed by atoms with Gasteiger partial charge in [0.2, 0.25) is 0 Å². The van der Waals surface area contributed by atoms with Crippen LogP contribution in [-0.4, -0.2) is 16.2 Å². The average Bonchev–Trinajstić information content (AvgIpc) is 2.65. The summed E-state index contributed by atoms with van der Waals surface area (Å²) in [6, 6.07) is 13.8. The summed E-state index contributed by atoms with van der Waals surface area (Å²) in [5.41, 5.74) is 6.73. The molecule has 1 aliphatic carbocycles. The van der Waals surface area contributed by atoms with E-state index in [9.17, 15) is 9.90 Å². The van der Waals surface area contributed by atoms with Crippen LogP contribution < -0.4 is 0 Å². The number of aliphatic carboxylic acids is 1. The molecule has 0 amide bonds. The van der Waals surface area contributed by atoms with E-state index < -0.39 is 5.97 Å². The van der Waals surface area contributed by atoms with Crippen molar-refractivity contribution in [1.82, 2.24) is 0 Å². The molecule has 2 N–H and O–H groups in total. The maximum Gasteiger partial charge on any atom is 0.328 e. The first-order chi connectivity index (χ1) is 12.5. The minimum absolute atomic E-state index is 0.316. The van der Waals surface area contributed by atoms with Crippen LogP contribution in [0.2, 0.25) is 0 Å². The third kappa shape index (κ3) is 4.23. The van der Waals surface area contributed by atoms with Crippen molar-refractivity contribution in [2.24, 2.45) is 0 Å². The van der Waals surface area contributed by atoms with Crippen LogP contribution in [0, 0.1) is 6.92 Å². The summed E-state index contributed by atoms with van der Waals surface area (Å²) in [5.74, 6) is -0.630. The number of rotatable bonds is 4. The molecule has 0 saturated heterocycles. The van der Waals surface area contributed by atoms with E-state index in [1.807, 2.05) is 31.2 Å². The maximum atomic E-state index is 10.7. The van der Waals surface area contributed by atoms with Crippen molar-refractivity contribution in [3.05, 3.63) is 76.4 Å². The van der Waals surface area contributed by atoms with E-state index in [4.69, 9.17) is 5.11 Å². The fraction of sp³-hybridized carbons (Fsp3) is 0.261. The lowest BCUT2D eigenvalue weighted by atomic mass is 9.84. The second-order valence-electron chi connectivity index (χ2n) is 6.83. The first-order valence-corrected chi connectivity index (χ1v) is 9.08. The average molecular weight is 348 g/mol. The van der Waals surface area contributed by atoms with Gasteiger partial charge in [0, 0.05) is 6.08 Å². The molecule has 3 rings (SSSR count). The molecule has 0 spiro atoms. The van der Waals surface area contributed by atoms with Crippen LogP contribution in [0.4, 0.5) is 0 Å². The van der Waals surface area contributed by atoms with E-state index in [2.05, 4.69) is 12.1 Å². The smallest absolute Gasteiger partial charge is 0.328 e. The number of carboxylic acids is 1. The minimum Gasteiger partial charge on any atom is -0.508 e. The molecular weight excluding hydrogens is 324 g/mol. The summed E-state index contributed by atoms with van der Waals surface area (Å²) in [5, 5.41) is 18.6. The number of hydrogen-bond donors (Lipinski definition) is 2. The van der Waals surface area contributed by atoms with Crippen LogP contribution in [0.15, 0.2) is 54.1 Å². The first-order valence-electron chi connectivity index (χ1n) is 9.08. The number of hydrogen-bond acceptors (Lipinski definition) is 2. The van der Waals surface area contributed by atoms with Gasteiger partial charge in [-0.15, -0.1) is 0 Å². The number of allylic oxidation sites excluding steroid dienone is 1. The van der Waals surface area contributed by atoms with Gasteiger partial charge in [-0.1, -0.05) is 42.3 Å². The third-order valence-corrected chi connectivity index (χ3v) is 4.91. The molecule has 0 atom stereocenters. The predicted octanol–water partition coefficient (Wildman–Crippen LogP) is 5.56. The number of carbonyl (C=O) groups is 1. The van der Waals surface area contributed by atoms with E-state index in [1.165, 1.54) is 30.4 Å². The number of phenolic OH excluding ortho intramolecular Hbond substituents is 1. The molecule has 0 heterocycles. The zero-order valence-electron chi connectivity index (χ0n) is 15.0. The molecule has 2 aromatic rings. The lowest BCUT2D eigenvalue weighted by Crippen LogP contribution is -2.00. The molecule has 1 fully saturated rings. The lowest BCUT2D eigenvalue weighted by Gasteiger charge is -2.21. The van der Waals surface area contributed by atoms with Crippen LogP contribution in [0.5, 0.6) is 5.75 Å². The molecule has 3 nitrogen and oxygen atoms in total. The molecule has 0 unspecified atom stereocenters. The molecule has 134 valence electrons. The zero-order chi connectivity index (χ0) is 18.5. The summed E-state index contributed by atoms with van der Waals surface area (Å²) >= 11 is 0. The molecule has 0 bridgehead atoms. The van der Waals surface area contributed by atoms with Crippen LogP contribution in [0.25, 0.3) is 11.6 Å². The molecule has 1 aliphatic rings. The molecular formula is C23H24O3. The predicted molar refractivity (Wildman–Crippen MR) is 105 cm³/mol. The van der Waals surface area contributed by atoms with Crippen LogP contribution in [0.3, 0.4) is 0 Å². The Labute approximate surface area is 154 Å². The number of benzene rings is 2. The molecule has 0 aliphatic heterocycles. The monoisotopic (exact) mass is 348 g/mol. The fourth-order valence-electron chi connectivity index (χ4n) is 3.54. The second kappa shape index (κ2) is 8.05. The van der Waals surface area contributed by atoms with Crippen molar-refractivity contribution in [2.45, 2.75) is 39.0 Å². The molecule has 2 aromatic carbocycles. The Morgan fingerprint density at radius 3 is 2.23 bits per heavy atom. The van der Waals surface area contributed by atoms with Gasteiger partial charge in [-0.3, -0.25) is 0 Å². The quantitative estimate of drug-likeness (QED) is 0.711. The Balaban J connectivity index is 2.03. The first kappa shape index (κ1) is 18.0. The van der Waals surface area contributed by atoms with Gasteiger partial charge in [0.05, 0.1) is 0 Å². The fourth-order valence-corrected chi connectivity index (χ4v) is 3.54. The Kier molecular flexibility index (Phi) is 5.57. The van der Waals surface area contributed by atoms with E-state index in [0.29, 0.717) is 5.75 Å². The van der Waals surface area contributed by atoms with Crippen molar-refractivity contribution < 1.29 is 15.0 Å². The Morgan fingerprint density at radius 2 is 1.62 bits per heavy atom. The molecule has 0 aromatic heterocycles. The molecule has 0 radical (unpaired) electrons. The van der Waals surface area contributed by atoms with Crippen molar-refractivity contribution in [2.75, 3.05) is 0 Å². The Hall–Kier alpha value is -2.81. The highest BCUT2D eigenvalue weighted by Crippen LogP contribution is 2.36. The van der Waals surface area contributed by atoms with E-state index in [0.717, 1.165) is 41.2 Å². The third-order valence-electron chi connectivity index (χ3n) is 4.91. The number of aromatic hydroxyl groups is 1. The van der Waals surface area contributed by atoms with Gasteiger partial charge in [-0.25, -0.2) is 4.79 Å². The molecule has 1 saturated carbocycles. The van der Waals surface area contributed by atoms with Crippen LogP contribution >= 0.6 is 0 Å².